The van der Waals surface area contributed by atoms with Crippen LogP contribution in [0, 0.1) is 12.8 Å². The zero-order valence-corrected chi connectivity index (χ0v) is 9.64. The van der Waals surface area contributed by atoms with Crippen LogP contribution in [0.4, 0.5) is 10.2 Å². The van der Waals surface area contributed by atoms with Gasteiger partial charge >= 0.3 is 5.97 Å². The molecule has 0 radical (unpaired) electrons. The Morgan fingerprint density at radius 3 is 2.19 bits per heavy atom. The Morgan fingerprint density at radius 1 is 1.31 bits per heavy atom. The maximum Gasteiger partial charge on any atom is 0.329 e. The summed E-state index contributed by atoms with van der Waals surface area (Å²) in [5.41, 5.74) is 1.28. The molecule has 16 heavy (non-hydrogen) atoms. The maximum atomic E-state index is 13.9. The largest absolute Gasteiger partial charge is 0.480 e. The van der Waals surface area contributed by atoms with Crippen molar-refractivity contribution in [1.29, 1.82) is 0 Å². The van der Waals surface area contributed by atoms with E-state index in [0.717, 1.165) is 5.56 Å². The fourth-order valence-corrected chi connectivity index (χ4v) is 1.49. The van der Waals surface area contributed by atoms with Crippen LogP contribution in [-0.4, -0.2) is 17.1 Å². The van der Waals surface area contributed by atoms with Gasteiger partial charge in [0.05, 0.1) is 5.69 Å². The van der Waals surface area contributed by atoms with Crippen LogP contribution in [0.1, 0.15) is 19.4 Å². The third-order valence-electron chi connectivity index (χ3n) is 2.41. The normalized spacial score (nSPS) is 12.6. The summed E-state index contributed by atoms with van der Waals surface area (Å²) in [6.07, 6.45) is 0. The number of carboxylic acid groups (broad SMARTS) is 1. The predicted octanol–water partition coefficient (Wildman–Crippen LogP) is 2.80. The van der Waals surface area contributed by atoms with Crippen molar-refractivity contribution >= 4 is 11.7 Å². The van der Waals surface area contributed by atoms with Crippen LogP contribution in [0.3, 0.4) is 0 Å². The molecular formula is C12H16FNO2. The molecule has 0 amide bonds. The third kappa shape index (κ3) is 2.72. The number of rotatable bonds is 4. The molecule has 0 saturated heterocycles. The minimum atomic E-state index is -1.15. The van der Waals surface area contributed by atoms with Crippen LogP contribution in [0.5, 0.6) is 0 Å². The van der Waals surface area contributed by atoms with Crippen molar-refractivity contribution in [2.75, 3.05) is 5.12 Å². The quantitative estimate of drug-likeness (QED) is 0.801. The minimum absolute atomic E-state index is 0.270. The summed E-state index contributed by atoms with van der Waals surface area (Å²) in [5, 5.41) is 9.26. The first kappa shape index (κ1) is 12.5. The molecule has 3 nitrogen and oxygen atoms in total. The molecule has 1 atom stereocenters. The smallest absolute Gasteiger partial charge is 0.329 e. The lowest BCUT2D eigenvalue weighted by Crippen LogP contribution is -2.40. The summed E-state index contributed by atoms with van der Waals surface area (Å²) < 4.78 is 13.9. The van der Waals surface area contributed by atoms with Gasteiger partial charge < -0.3 is 5.11 Å². The van der Waals surface area contributed by atoms with E-state index in [1.807, 2.05) is 6.92 Å². The molecule has 1 aromatic rings. The highest BCUT2D eigenvalue weighted by Gasteiger charge is 2.29. The van der Waals surface area contributed by atoms with Crippen molar-refractivity contribution in [3.63, 3.8) is 0 Å². The number of carbonyl (C=O) groups is 1. The van der Waals surface area contributed by atoms with Gasteiger partial charge in [-0.05, 0) is 25.0 Å². The lowest BCUT2D eigenvalue weighted by atomic mass is 10.0. The molecule has 0 unspecified atom stereocenters. The van der Waals surface area contributed by atoms with E-state index in [-0.39, 0.29) is 11.6 Å². The maximum absolute atomic E-state index is 13.9. The number of nitrogens with zero attached hydrogens (tertiary/aromatic N) is 1. The van der Waals surface area contributed by atoms with Gasteiger partial charge in [-0.15, -0.1) is 0 Å². The summed E-state index contributed by atoms with van der Waals surface area (Å²) in [6, 6.07) is 5.51. The second-order valence-corrected chi connectivity index (χ2v) is 4.17. The van der Waals surface area contributed by atoms with E-state index < -0.39 is 12.0 Å². The zero-order chi connectivity index (χ0) is 12.3. The monoisotopic (exact) mass is 225 g/mol. The molecule has 1 aromatic carbocycles. The van der Waals surface area contributed by atoms with E-state index in [1.54, 1.807) is 38.1 Å². The van der Waals surface area contributed by atoms with Crippen LogP contribution in [-0.2, 0) is 4.79 Å². The molecule has 4 heteroatoms. The van der Waals surface area contributed by atoms with Crippen LogP contribution in [0.2, 0.25) is 0 Å². The van der Waals surface area contributed by atoms with E-state index in [4.69, 9.17) is 5.11 Å². The molecule has 0 aliphatic rings. The fraction of sp³-hybridized carbons (Fsp3) is 0.417. The number of halogens is 1. The Bertz CT molecular complexity index is 362. The third-order valence-corrected chi connectivity index (χ3v) is 2.41. The van der Waals surface area contributed by atoms with Crippen molar-refractivity contribution in [1.82, 2.24) is 0 Å². The molecule has 88 valence electrons. The lowest BCUT2D eigenvalue weighted by Gasteiger charge is -2.24. The van der Waals surface area contributed by atoms with Gasteiger partial charge in [-0.3, -0.25) is 0 Å². The van der Waals surface area contributed by atoms with Gasteiger partial charge in [0.15, 0.2) is 6.04 Å². The van der Waals surface area contributed by atoms with Gasteiger partial charge in [0.1, 0.15) is 0 Å². The molecule has 0 aliphatic carbocycles. The van der Waals surface area contributed by atoms with Crippen molar-refractivity contribution in [2.45, 2.75) is 26.8 Å². The van der Waals surface area contributed by atoms with E-state index >= 15 is 0 Å². The highest BCUT2D eigenvalue weighted by molar-refractivity contribution is 5.77. The van der Waals surface area contributed by atoms with Crippen LogP contribution in [0.15, 0.2) is 24.3 Å². The highest BCUT2D eigenvalue weighted by atomic mass is 19.2. The van der Waals surface area contributed by atoms with Gasteiger partial charge in [-0.2, -0.15) is 5.12 Å². The van der Waals surface area contributed by atoms with Gasteiger partial charge in [0, 0.05) is 0 Å². The first-order valence-electron chi connectivity index (χ1n) is 5.18. The Balaban J connectivity index is 2.94. The fourth-order valence-electron chi connectivity index (χ4n) is 1.49. The summed E-state index contributed by atoms with van der Waals surface area (Å²) in [6.45, 7) is 5.25. The minimum Gasteiger partial charge on any atom is -0.480 e. The number of hydrogen-bond acceptors (Lipinski definition) is 2. The molecule has 1 N–H and O–H groups in total. The summed E-state index contributed by atoms with van der Waals surface area (Å²) >= 11 is 0. The molecular weight excluding hydrogens is 209 g/mol. The molecule has 0 aliphatic heterocycles. The number of aliphatic carboxylic acids is 1. The van der Waals surface area contributed by atoms with Crippen molar-refractivity contribution in [2.24, 2.45) is 5.92 Å². The van der Waals surface area contributed by atoms with Gasteiger partial charge in [-0.1, -0.05) is 36.0 Å². The average molecular weight is 225 g/mol. The predicted molar refractivity (Wildman–Crippen MR) is 61.0 cm³/mol. The standard InChI is InChI=1S/C12H16FNO2/c1-8(2)11(12(15)16)14(13)10-6-4-9(3)5-7-10/h4-8,11H,1-3H3,(H,15,16)/t11-/m1/s1. The van der Waals surface area contributed by atoms with Crippen LogP contribution in [0.25, 0.3) is 0 Å². The number of benzene rings is 1. The van der Waals surface area contributed by atoms with Gasteiger partial charge in [0.25, 0.3) is 0 Å². The summed E-state index contributed by atoms with van der Waals surface area (Å²) in [7, 11) is 0. The Kier molecular flexibility index (Phi) is 3.88. The first-order valence-corrected chi connectivity index (χ1v) is 5.18. The molecule has 0 fully saturated rings. The van der Waals surface area contributed by atoms with Crippen molar-refractivity contribution in [3.05, 3.63) is 29.8 Å². The number of aryl methyl sites for hydroxylation is 1. The topological polar surface area (TPSA) is 40.5 Å². The molecule has 0 bridgehead atoms. The number of hydrogen-bond donors (Lipinski definition) is 1. The van der Waals surface area contributed by atoms with Crippen molar-refractivity contribution in [3.8, 4) is 0 Å². The van der Waals surface area contributed by atoms with E-state index in [1.165, 1.54) is 0 Å². The molecule has 0 spiro atoms. The van der Waals surface area contributed by atoms with Gasteiger partial charge in [-0.25, -0.2) is 4.79 Å². The van der Waals surface area contributed by atoms with E-state index in [9.17, 15) is 9.28 Å². The Hall–Kier alpha value is -1.58. The number of carboxylic acids is 1. The Labute approximate surface area is 94.4 Å². The summed E-state index contributed by atoms with van der Waals surface area (Å²) in [5.74, 6) is -1.46. The molecule has 0 saturated carbocycles. The average Bonchev–Trinajstić information content (AvgIpc) is 2.17. The van der Waals surface area contributed by atoms with Crippen molar-refractivity contribution < 1.29 is 14.4 Å². The van der Waals surface area contributed by atoms with E-state index in [2.05, 4.69) is 0 Å². The van der Waals surface area contributed by atoms with E-state index in [0.29, 0.717) is 5.12 Å². The molecule has 0 heterocycles. The van der Waals surface area contributed by atoms with Gasteiger partial charge in [0.2, 0.25) is 0 Å². The van der Waals surface area contributed by atoms with Crippen LogP contribution < -0.4 is 5.12 Å². The second-order valence-electron chi connectivity index (χ2n) is 4.17. The van der Waals surface area contributed by atoms with Crippen LogP contribution >= 0.6 is 0 Å². The SMILES string of the molecule is Cc1ccc(N(F)[C@@H](C(=O)O)C(C)C)cc1. The molecule has 1 rings (SSSR count). The summed E-state index contributed by atoms with van der Waals surface area (Å²) in [4.78, 5) is 10.9. The molecule has 0 aromatic heterocycles. The number of anilines is 1. The zero-order valence-electron chi connectivity index (χ0n) is 9.64. The second kappa shape index (κ2) is 4.96. The lowest BCUT2D eigenvalue weighted by molar-refractivity contribution is -0.140. The first-order chi connectivity index (χ1) is 7.43. The Morgan fingerprint density at radius 2 is 1.81 bits per heavy atom. The highest BCUT2D eigenvalue weighted by Crippen LogP contribution is 2.22.